The minimum absolute atomic E-state index is 0.0593. The molecule has 1 aromatic heterocycles. The number of rotatable bonds is 5. The highest BCUT2D eigenvalue weighted by Gasteiger charge is 2.17. The summed E-state index contributed by atoms with van der Waals surface area (Å²) in [5.41, 5.74) is 4.49. The van der Waals surface area contributed by atoms with Gasteiger partial charge in [0.25, 0.3) is 0 Å². The van der Waals surface area contributed by atoms with E-state index in [0.717, 1.165) is 39.4 Å². The Labute approximate surface area is 171 Å². The van der Waals surface area contributed by atoms with Crippen molar-refractivity contribution >= 4 is 17.1 Å². The van der Waals surface area contributed by atoms with Crippen LogP contribution < -0.4 is 0 Å². The first-order valence-corrected chi connectivity index (χ1v) is 9.98. The van der Waals surface area contributed by atoms with E-state index in [1.807, 2.05) is 42.6 Å². The zero-order chi connectivity index (χ0) is 20.4. The molecule has 0 aliphatic heterocycles. The van der Waals surface area contributed by atoms with Gasteiger partial charge in [0.05, 0.1) is 5.56 Å². The monoisotopic (exact) mass is 405 g/mol. The summed E-state index contributed by atoms with van der Waals surface area (Å²) in [4.78, 5) is 16.7. The molecule has 0 saturated heterocycles. The Balaban J connectivity index is 1.59. The number of carbonyl (C=O) groups is 1. The molecule has 0 fully saturated rings. The van der Waals surface area contributed by atoms with Gasteiger partial charge in [0.1, 0.15) is 16.6 Å². The van der Waals surface area contributed by atoms with Gasteiger partial charge in [0.2, 0.25) is 0 Å². The quantitative estimate of drug-likeness (QED) is 0.355. The van der Waals surface area contributed by atoms with E-state index in [1.165, 1.54) is 6.07 Å². The molecule has 0 amide bonds. The fraction of sp³-hybridized carbons (Fsp3) is 0.0833. The van der Waals surface area contributed by atoms with Crippen molar-refractivity contribution < 1.29 is 13.6 Å². The van der Waals surface area contributed by atoms with Gasteiger partial charge in [-0.05, 0) is 47.4 Å². The first-order chi connectivity index (χ1) is 14.0. The van der Waals surface area contributed by atoms with Crippen molar-refractivity contribution in [1.29, 1.82) is 0 Å². The van der Waals surface area contributed by atoms with Crippen molar-refractivity contribution in [3.8, 4) is 21.7 Å². The fourth-order valence-electron chi connectivity index (χ4n) is 3.27. The maximum absolute atomic E-state index is 13.8. The molecule has 0 bridgehead atoms. The predicted octanol–water partition coefficient (Wildman–Crippen LogP) is 6.49. The smallest absolute Gasteiger partial charge is 0.173 e. The SMILES string of the molecule is Cc1ccc(-c2nccs2)cc1-c1ccc(CC(=O)c2c(F)cccc2F)cc1. The Hall–Kier alpha value is -3.18. The molecule has 29 heavy (non-hydrogen) atoms. The van der Waals surface area contributed by atoms with E-state index >= 15 is 0 Å². The van der Waals surface area contributed by atoms with Crippen LogP contribution in [0.1, 0.15) is 21.5 Å². The number of carbonyl (C=O) groups excluding carboxylic acids is 1. The van der Waals surface area contributed by atoms with Crippen molar-refractivity contribution in [3.05, 3.63) is 101 Å². The summed E-state index contributed by atoms with van der Waals surface area (Å²) in [6, 6.07) is 17.1. The van der Waals surface area contributed by atoms with Crippen LogP contribution in [0.15, 0.2) is 72.2 Å². The van der Waals surface area contributed by atoms with Gasteiger partial charge in [-0.2, -0.15) is 0 Å². The molecule has 1 heterocycles. The van der Waals surface area contributed by atoms with Gasteiger partial charge in [-0.1, -0.05) is 42.5 Å². The van der Waals surface area contributed by atoms with E-state index in [2.05, 4.69) is 17.1 Å². The third kappa shape index (κ3) is 4.00. The van der Waals surface area contributed by atoms with Gasteiger partial charge in [0, 0.05) is 23.6 Å². The molecule has 4 aromatic rings. The topological polar surface area (TPSA) is 30.0 Å². The number of thiazole rings is 1. The van der Waals surface area contributed by atoms with Crippen molar-refractivity contribution in [1.82, 2.24) is 4.98 Å². The third-order valence-electron chi connectivity index (χ3n) is 4.79. The van der Waals surface area contributed by atoms with Crippen LogP contribution in [0.4, 0.5) is 8.78 Å². The second kappa shape index (κ2) is 8.05. The molecule has 0 aliphatic carbocycles. The minimum Gasteiger partial charge on any atom is -0.294 e. The Morgan fingerprint density at radius 3 is 2.31 bits per heavy atom. The number of aromatic nitrogens is 1. The zero-order valence-electron chi connectivity index (χ0n) is 15.7. The number of ketones is 1. The number of Topliss-reactive ketones (excluding diaryl/α,β-unsaturated/α-hetero) is 1. The van der Waals surface area contributed by atoms with Crippen LogP contribution in [0.25, 0.3) is 21.7 Å². The van der Waals surface area contributed by atoms with E-state index in [9.17, 15) is 13.6 Å². The molecule has 2 nitrogen and oxygen atoms in total. The van der Waals surface area contributed by atoms with Crippen molar-refractivity contribution in [2.45, 2.75) is 13.3 Å². The molecule has 0 aliphatic rings. The van der Waals surface area contributed by atoms with Gasteiger partial charge in [-0.25, -0.2) is 13.8 Å². The molecule has 0 atom stereocenters. The summed E-state index contributed by atoms with van der Waals surface area (Å²) in [5.74, 6) is -2.24. The second-order valence-corrected chi connectivity index (χ2v) is 7.66. The van der Waals surface area contributed by atoms with Gasteiger partial charge < -0.3 is 0 Å². The number of aryl methyl sites for hydroxylation is 1. The van der Waals surface area contributed by atoms with E-state index in [1.54, 1.807) is 17.5 Å². The van der Waals surface area contributed by atoms with E-state index in [0.29, 0.717) is 5.56 Å². The Bertz CT molecular complexity index is 1150. The average Bonchev–Trinajstić information content (AvgIpc) is 3.24. The van der Waals surface area contributed by atoms with E-state index in [-0.39, 0.29) is 6.42 Å². The van der Waals surface area contributed by atoms with Crippen LogP contribution >= 0.6 is 11.3 Å². The highest BCUT2D eigenvalue weighted by molar-refractivity contribution is 7.13. The van der Waals surface area contributed by atoms with Crippen LogP contribution in [0.2, 0.25) is 0 Å². The molecule has 0 saturated carbocycles. The molecule has 144 valence electrons. The highest BCUT2D eigenvalue weighted by Crippen LogP contribution is 2.30. The number of benzene rings is 3. The lowest BCUT2D eigenvalue weighted by Crippen LogP contribution is -2.09. The van der Waals surface area contributed by atoms with Crippen molar-refractivity contribution in [2.75, 3.05) is 0 Å². The summed E-state index contributed by atoms with van der Waals surface area (Å²) in [6.45, 7) is 2.04. The second-order valence-electron chi connectivity index (χ2n) is 6.76. The molecular weight excluding hydrogens is 388 g/mol. The Morgan fingerprint density at radius 2 is 1.66 bits per heavy atom. The molecule has 0 spiro atoms. The summed E-state index contributed by atoms with van der Waals surface area (Å²) in [5, 5.41) is 2.90. The van der Waals surface area contributed by atoms with E-state index < -0.39 is 23.0 Å². The normalized spacial score (nSPS) is 10.9. The highest BCUT2D eigenvalue weighted by atomic mass is 32.1. The Kier molecular flexibility index (Phi) is 5.32. The van der Waals surface area contributed by atoms with Crippen LogP contribution in [-0.2, 0) is 6.42 Å². The molecule has 5 heteroatoms. The zero-order valence-corrected chi connectivity index (χ0v) is 16.5. The number of hydrogen-bond donors (Lipinski definition) is 0. The summed E-state index contributed by atoms with van der Waals surface area (Å²) >= 11 is 1.59. The molecule has 0 unspecified atom stereocenters. The third-order valence-corrected chi connectivity index (χ3v) is 5.61. The largest absolute Gasteiger partial charge is 0.294 e. The number of hydrogen-bond acceptors (Lipinski definition) is 3. The lowest BCUT2D eigenvalue weighted by Gasteiger charge is -2.10. The first kappa shape index (κ1) is 19.2. The van der Waals surface area contributed by atoms with Gasteiger partial charge in [-0.15, -0.1) is 11.3 Å². The predicted molar refractivity (Wildman–Crippen MR) is 112 cm³/mol. The standard InChI is InChI=1S/C24H17F2NOS/c1-15-5-8-18(24-27-11-12-29-24)14-19(15)17-9-6-16(7-10-17)13-22(28)23-20(25)3-2-4-21(23)26/h2-12,14H,13H2,1H3. The van der Waals surface area contributed by atoms with Gasteiger partial charge in [-0.3, -0.25) is 4.79 Å². The molecular formula is C24H17F2NOS. The van der Waals surface area contributed by atoms with E-state index in [4.69, 9.17) is 0 Å². The average molecular weight is 405 g/mol. The van der Waals surface area contributed by atoms with Gasteiger partial charge >= 0.3 is 0 Å². The summed E-state index contributed by atoms with van der Waals surface area (Å²) < 4.78 is 27.6. The van der Waals surface area contributed by atoms with Crippen molar-refractivity contribution in [2.24, 2.45) is 0 Å². The lowest BCUT2D eigenvalue weighted by atomic mass is 9.96. The fourth-order valence-corrected chi connectivity index (χ4v) is 3.91. The lowest BCUT2D eigenvalue weighted by molar-refractivity contribution is 0.0985. The molecule has 0 N–H and O–H groups in total. The molecule has 4 rings (SSSR count). The summed E-state index contributed by atoms with van der Waals surface area (Å²) in [7, 11) is 0. The number of halogens is 2. The van der Waals surface area contributed by atoms with Crippen molar-refractivity contribution in [3.63, 3.8) is 0 Å². The maximum atomic E-state index is 13.8. The Morgan fingerprint density at radius 1 is 0.966 bits per heavy atom. The molecule has 3 aromatic carbocycles. The van der Waals surface area contributed by atoms with Crippen LogP contribution in [0.5, 0.6) is 0 Å². The van der Waals surface area contributed by atoms with Crippen LogP contribution in [0.3, 0.4) is 0 Å². The van der Waals surface area contributed by atoms with Crippen LogP contribution in [-0.4, -0.2) is 10.8 Å². The maximum Gasteiger partial charge on any atom is 0.173 e. The first-order valence-electron chi connectivity index (χ1n) is 9.10. The van der Waals surface area contributed by atoms with Gasteiger partial charge in [0.15, 0.2) is 5.78 Å². The van der Waals surface area contributed by atoms with Crippen LogP contribution in [0, 0.1) is 18.6 Å². The molecule has 0 radical (unpaired) electrons. The number of nitrogens with zero attached hydrogens (tertiary/aromatic N) is 1. The minimum atomic E-state index is -0.832. The summed E-state index contributed by atoms with van der Waals surface area (Å²) in [6.07, 6.45) is 1.72.